The number of hydrogen-bond donors (Lipinski definition) is 1. The molecule has 1 amide bonds. The van der Waals surface area contributed by atoms with Crippen molar-refractivity contribution in [1.29, 1.82) is 0 Å². The Morgan fingerprint density at radius 2 is 1.88 bits per heavy atom. The van der Waals surface area contributed by atoms with Crippen LogP contribution in [0.5, 0.6) is 11.5 Å². The SMILES string of the molecule is CCC(CCCC1(C)Oc2c(C)c3c(c(-c4ccco4)c2O1)CCN(Cc1c(C)cc(C)[nH]c1=O)C3=O)N(C)C. The van der Waals surface area contributed by atoms with Crippen molar-refractivity contribution in [2.75, 3.05) is 20.6 Å². The fourth-order valence-corrected chi connectivity index (χ4v) is 6.29. The molecule has 0 aliphatic carbocycles. The third kappa shape index (κ3) is 5.05. The van der Waals surface area contributed by atoms with E-state index in [1.54, 1.807) is 11.2 Å². The van der Waals surface area contributed by atoms with Gasteiger partial charge >= 0.3 is 0 Å². The van der Waals surface area contributed by atoms with Crippen LogP contribution in [0, 0.1) is 20.8 Å². The van der Waals surface area contributed by atoms with Gasteiger partial charge in [-0.25, -0.2) is 0 Å². The molecule has 1 aromatic carbocycles. The average molecular weight is 548 g/mol. The van der Waals surface area contributed by atoms with Crippen LogP contribution in [0.25, 0.3) is 11.3 Å². The quantitative estimate of drug-likeness (QED) is 0.367. The maximum atomic E-state index is 14.0. The van der Waals surface area contributed by atoms with E-state index in [0.717, 1.165) is 53.6 Å². The lowest BCUT2D eigenvalue weighted by molar-refractivity contribution is -0.0704. The Bertz CT molecular complexity index is 1470. The third-order valence-corrected chi connectivity index (χ3v) is 8.50. The molecule has 2 aliphatic heterocycles. The number of benzene rings is 1. The van der Waals surface area contributed by atoms with Gasteiger partial charge in [0.05, 0.1) is 23.9 Å². The fourth-order valence-electron chi connectivity index (χ4n) is 6.29. The van der Waals surface area contributed by atoms with E-state index in [0.29, 0.717) is 47.4 Å². The molecule has 5 rings (SSSR count). The predicted molar refractivity (Wildman–Crippen MR) is 155 cm³/mol. The Morgan fingerprint density at radius 1 is 1.12 bits per heavy atom. The number of nitrogens with zero attached hydrogens (tertiary/aromatic N) is 2. The minimum atomic E-state index is -0.835. The number of carbonyl (C=O) groups is 1. The van der Waals surface area contributed by atoms with Crippen LogP contribution in [0.3, 0.4) is 0 Å². The monoisotopic (exact) mass is 547 g/mol. The number of hydrogen-bond acceptors (Lipinski definition) is 6. The number of fused-ring (bicyclic) bond motifs is 2. The van der Waals surface area contributed by atoms with E-state index in [2.05, 4.69) is 30.9 Å². The second-order valence-electron chi connectivity index (χ2n) is 11.7. The highest BCUT2D eigenvalue weighted by Gasteiger charge is 2.44. The first-order valence-electron chi connectivity index (χ1n) is 14.3. The van der Waals surface area contributed by atoms with Crippen LogP contribution in [-0.4, -0.2) is 53.2 Å². The van der Waals surface area contributed by atoms with Crippen molar-refractivity contribution in [3.05, 3.63) is 68.3 Å². The van der Waals surface area contributed by atoms with E-state index in [1.165, 1.54) is 0 Å². The van der Waals surface area contributed by atoms with Crippen LogP contribution in [0.1, 0.15) is 77.8 Å². The second kappa shape index (κ2) is 10.8. The van der Waals surface area contributed by atoms with Crippen LogP contribution in [0.4, 0.5) is 0 Å². The molecule has 8 nitrogen and oxygen atoms in total. The van der Waals surface area contributed by atoms with E-state index >= 15 is 0 Å². The van der Waals surface area contributed by atoms with E-state index in [-0.39, 0.29) is 18.0 Å². The minimum absolute atomic E-state index is 0.109. The van der Waals surface area contributed by atoms with Gasteiger partial charge in [-0.15, -0.1) is 0 Å². The summed E-state index contributed by atoms with van der Waals surface area (Å²) in [5.74, 6) is 0.971. The molecule has 214 valence electrons. The van der Waals surface area contributed by atoms with Crippen LogP contribution in [-0.2, 0) is 13.0 Å². The molecule has 0 fully saturated rings. The number of pyridine rings is 1. The Labute approximate surface area is 236 Å². The summed E-state index contributed by atoms with van der Waals surface area (Å²) in [4.78, 5) is 33.7. The van der Waals surface area contributed by atoms with Crippen molar-refractivity contribution in [2.24, 2.45) is 0 Å². The van der Waals surface area contributed by atoms with Crippen molar-refractivity contribution in [3.8, 4) is 22.8 Å². The molecule has 40 heavy (non-hydrogen) atoms. The molecular formula is C32H41N3O5. The number of aryl methyl sites for hydroxylation is 2. The van der Waals surface area contributed by atoms with Crippen LogP contribution in [0.2, 0.25) is 0 Å². The molecule has 1 N–H and O–H groups in total. The van der Waals surface area contributed by atoms with Crippen molar-refractivity contribution in [1.82, 2.24) is 14.8 Å². The molecule has 2 unspecified atom stereocenters. The highest BCUT2D eigenvalue weighted by Crippen LogP contribution is 2.53. The maximum absolute atomic E-state index is 14.0. The van der Waals surface area contributed by atoms with Gasteiger partial charge in [0.2, 0.25) is 5.79 Å². The van der Waals surface area contributed by atoms with E-state index in [9.17, 15) is 9.59 Å². The van der Waals surface area contributed by atoms with Gasteiger partial charge < -0.3 is 28.7 Å². The van der Waals surface area contributed by atoms with Crippen LogP contribution >= 0.6 is 0 Å². The Kier molecular flexibility index (Phi) is 7.57. The molecule has 2 aromatic heterocycles. The number of furan rings is 1. The van der Waals surface area contributed by atoms with Gasteiger partial charge in [-0.3, -0.25) is 9.59 Å². The van der Waals surface area contributed by atoms with Crippen molar-refractivity contribution in [3.63, 3.8) is 0 Å². The molecule has 3 aromatic rings. The maximum Gasteiger partial charge on any atom is 0.254 e. The van der Waals surface area contributed by atoms with E-state index in [1.807, 2.05) is 45.9 Å². The first-order valence-corrected chi connectivity index (χ1v) is 14.3. The number of H-pyrrole nitrogens is 1. The topological polar surface area (TPSA) is 88.0 Å². The summed E-state index contributed by atoms with van der Waals surface area (Å²) in [5, 5.41) is 0. The predicted octanol–water partition coefficient (Wildman–Crippen LogP) is 5.76. The molecule has 2 aliphatic rings. The normalized spacial score (nSPS) is 18.9. The third-order valence-electron chi connectivity index (χ3n) is 8.50. The molecule has 0 radical (unpaired) electrons. The zero-order valence-electron chi connectivity index (χ0n) is 24.8. The Morgan fingerprint density at radius 3 is 2.52 bits per heavy atom. The summed E-state index contributed by atoms with van der Waals surface area (Å²) >= 11 is 0. The number of nitrogens with one attached hydrogen (secondary N) is 1. The average Bonchev–Trinajstić information content (AvgIpc) is 3.53. The summed E-state index contributed by atoms with van der Waals surface area (Å²) in [5.41, 5.74) is 5.25. The van der Waals surface area contributed by atoms with Crippen molar-refractivity contribution in [2.45, 2.75) is 85.1 Å². The molecule has 4 heterocycles. The highest BCUT2D eigenvalue weighted by atomic mass is 16.7. The zero-order valence-corrected chi connectivity index (χ0v) is 24.8. The summed E-state index contributed by atoms with van der Waals surface area (Å²) in [6.45, 7) is 10.7. The smallest absolute Gasteiger partial charge is 0.254 e. The van der Waals surface area contributed by atoms with Crippen LogP contribution < -0.4 is 15.0 Å². The number of carbonyl (C=O) groups excluding carboxylic acids is 1. The van der Waals surface area contributed by atoms with Crippen molar-refractivity contribution < 1.29 is 18.7 Å². The van der Waals surface area contributed by atoms with Gasteiger partial charge in [-0.05, 0) is 89.9 Å². The largest absolute Gasteiger partial charge is 0.464 e. The van der Waals surface area contributed by atoms with Gasteiger partial charge in [-0.1, -0.05) is 6.92 Å². The molecule has 0 saturated heterocycles. The van der Waals surface area contributed by atoms with Gasteiger partial charge in [-0.2, -0.15) is 0 Å². The van der Waals surface area contributed by atoms with Gasteiger partial charge in [0, 0.05) is 42.8 Å². The molecule has 8 heteroatoms. The number of aromatic amines is 1. The van der Waals surface area contributed by atoms with E-state index in [4.69, 9.17) is 13.9 Å². The summed E-state index contributed by atoms with van der Waals surface area (Å²) in [6.07, 6.45) is 6.07. The molecule has 2 atom stereocenters. The lowest BCUT2D eigenvalue weighted by Gasteiger charge is -2.31. The lowest BCUT2D eigenvalue weighted by Crippen LogP contribution is -2.39. The standard InChI is InChI=1S/C32H41N3O5/c1-8-22(34(6)7)11-9-14-32(5)39-28-21(4)26-23(27(29(28)40-32)25-12-10-16-38-25)13-15-35(31(26)37)18-24-19(2)17-20(3)33-30(24)36/h10,12,16-17,22H,8-9,11,13-15,18H2,1-7H3,(H,33,36). The highest BCUT2D eigenvalue weighted by molar-refractivity contribution is 6.02. The van der Waals surface area contributed by atoms with E-state index < -0.39 is 5.79 Å². The molecule has 0 bridgehead atoms. The van der Waals surface area contributed by atoms with Gasteiger partial charge in [0.25, 0.3) is 11.5 Å². The number of ether oxygens (including phenoxy) is 2. The lowest BCUT2D eigenvalue weighted by atomic mass is 9.87. The van der Waals surface area contributed by atoms with Crippen LogP contribution in [0.15, 0.2) is 33.7 Å². The summed E-state index contributed by atoms with van der Waals surface area (Å²) in [7, 11) is 4.24. The first-order chi connectivity index (χ1) is 19.0. The Hall–Kier alpha value is -3.52. The number of aromatic nitrogens is 1. The number of amides is 1. The molecule has 0 saturated carbocycles. The number of rotatable bonds is 9. The summed E-state index contributed by atoms with van der Waals surface area (Å²) in [6, 6.07) is 6.20. The van der Waals surface area contributed by atoms with Gasteiger partial charge in [0.1, 0.15) is 5.76 Å². The molecule has 0 spiro atoms. The fraction of sp³-hybridized carbons (Fsp3) is 0.500. The molecular weight excluding hydrogens is 506 g/mol. The summed E-state index contributed by atoms with van der Waals surface area (Å²) < 4.78 is 19.0. The second-order valence-corrected chi connectivity index (χ2v) is 11.7. The van der Waals surface area contributed by atoms with Gasteiger partial charge in [0.15, 0.2) is 11.5 Å². The first kappa shape index (κ1) is 28.0. The van der Waals surface area contributed by atoms with Crippen molar-refractivity contribution >= 4 is 5.91 Å². The Balaban J connectivity index is 1.49. The minimum Gasteiger partial charge on any atom is -0.464 e. The zero-order chi connectivity index (χ0) is 28.8.